The van der Waals surface area contributed by atoms with Crippen molar-refractivity contribution in [3.8, 4) is 17.2 Å². The van der Waals surface area contributed by atoms with Crippen LogP contribution in [-0.4, -0.2) is 98.2 Å². The molecule has 59 heavy (non-hydrogen) atoms. The average Bonchev–Trinajstić information content (AvgIpc) is 3.54. The van der Waals surface area contributed by atoms with E-state index in [9.17, 15) is 23.9 Å². The van der Waals surface area contributed by atoms with Crippen molar-refractivity contribution < 1.29 is 42.1 Å². The van der Waals surface area contributed by atoms with Crippen LogP contribution in [0.3, 0.4) is 0 Å². The number of rotatable bonds is 8. The molecular weight excluding hydrogens is 764 g/mol. The summed E-state index contributed by atoms with van der Waals surface area (Å²) >= 11 is 0. The van der Waals surface area contributed by atoms with Gasteiger partial charge in [-0.1, -0.05) is 18.2 Å². The topological polar surface area (TPSA) is 115 Å². The normalized spacial score (nSPS) is 22.5. The number of amides is 3. The van der Waals surface area contributed by atoms with Gasteiger partial charge in [0.1, 0.15) is 29.2 Å². The second-order valence-corrected chi connectivity index (χ2v) is 16.3. The number of hydrogen-bond acceptors (Lipinski definition) is 9. The number of hydrogen-bond donors (Lipinski definition) is 2. The van der Waals surface area contributed by atoms with Crippen LogP contribution in [0.1, 0.15) is 70.1 Å². The first-order valence-corrected chi connectivity index (χ1v) is 20.3. The zero-order chi connectivity index (χ0) is 40.9. The highest BCUT2D eigenvalue weighted by Crippen LogP contribution is 2.48. The van der Waals surface area contributed by atoms with Crippen molar-refractivity contribution in [3.05, 3.63) is 112 Å². The Morgan fingerprint density at radius 2 is 1.54 bits per heavy atom. The Balaban J connectivity index is 0.815. The minimum Gasteiger partial charge on any atom is -0.508 e. The molecule has 5 aliphatic heterocycles. The Hall–Kier alpha value is -5.76. The van der Waals surface area contributed by atoms with E-state index in [2.05, 4.69) is 15.1 Å². The van der Waals surface area contributed by atoms with E-state index in [4.69, 9.17) is 9.47 Å². The zero-order valence-electron chi connectivity index (χ0n) is 32.8. The van der Waals surface area contributed by atoms with Crippen molar-refractivity contribution in [2.45, 2.75) is 50.1 Å². The first kappa shape index (κ1) is 38.7. The highest BCUT2D eigenvalue weighted by molar-refractivity contribution is 6.05. The molecule has 4 aromatic rings. The predicted octanol–water partition coefficient (Wildman–Crippen LogP) is 5.93. The number of carbonyl (C=O) groups excluding carboxylic acids is 3. The number of benzene rings is 4. The van der Waals surface area contributed by atoms with Gasteiger partial charge in [0.2, 0.25) is 11.8 Å². The summed E-state index contributed by atoms with van der Waals surface area (Å²) in [6, 6.07) is 17.4. The number of fused-ring (bicyclic) bond motifs is 2. The number of nitrogens with zero attached hydrogens (tertiary/aromatic N) is 4. The summed E-state index contributed by atoms with van der Waals surface area (Å²) in [4.78, 5) is 45.2. The first-order chi connectivity index (χ1) is 28.5. The lowest BCUT2D eigenvalue weighted by Crippen LogP contribution is -2.52. The SMILES string of the molecule is COc1cc(C2COc3cc(O)ccc3[C@H]2c2ccc(N3CCC(CN4CCN(c5cc6c(cc5F)C(=O)N([C@H]5CCC(=O)NC5=O)C6)CC4)CC3)c(F)c2)ccc1F. The summed E-state index contributed by atoms with van der Waals surface area (Å²) in [5, 5.41) is 12.5. The number of carbonyl (C=O) groups is 3. The minimum atomic E-state index is -0.749. The van der Waals surface area contributed by atoms with Crippen LogP contribution >= 0.6 is 0 Å². The van der Waals surface area contributed by atoms with Crippen molar-refractivity contribution >= 4 is 29.1 Å². The molecule has 0 aliphatic carbocycles. The standard InChI is InChI=1S/C45H46F3N5O6/c1-58-41-20-27(2-6-34(41)46)33-25-59-40-21-30(54)4-5-31(40)43(33)28-3-7-37(35(47)18-28)51-12-10-26(11-13-51)23-50-14-16-52(17-15-50)39-19-29-24-53(45(57)32(29)22-36(39)48)38-8-9-42(55)49-44(38)56/h2-7,18-22,26,33,38,43,54H,8-17,23-25H2,1H3,(H,49,55,56)/t33?,38-,43+/m0/s1. The number of piperidine rings is 2. The van der Waals surface area contributed by atoms with Crippen LogP contribution in [0.15, 0.2) is 66.7 Å². The van der Waals surface area contributed by atoms with Gasteiger partial charge < -0.3 is 29.3 Å². The number of methoxy groups -OCH3 is 1. The smallest absolute Gasteiger partial charge is 0.255 e. The fourth-order valence-electron chi connectivity index (χ4n) is 9.69. The Morgan fingerprint density at radius 1 is 0.797 bits per heavy atom. The van der Waals surface area contributed by atoms with Crippen molar-refractivity contribution in [3.63, 3.8) is 0 Å². The molecule has 308 valence electrons. The first-order valence-electron chi connectivity index (χ1n) is 20.3. The second kappa shape index (κ2) is 15.8. The maximum Gasteiger partial charge on any atom is 0.255 e. The van der Waals surface area contributed by atoms with Crippen LogP contribution in [0.4, 0.5) is 24.5 Å². The molecule has 3 saturated heterocycles. The molecule has 4 aromatic carbocycles. The number of halogens is 3. The van der Waals surface area contributed by atoms with Gasteiger partial charge in [-0.05, 0) is 84.3 Å². The molecule has 0 spiro atoms. The van der Waals surface area contributed by atoms with E-state index in [0.29, 0.717) is 54.8 Å². The van der Waals surface area contributed by atoms with E-state index >= 15 is 8.78 Å². The van der Waals surface area contributed by atoms with Crippen LogP contribution in [0.25, 0.3) is 0 Å². The molecule has 0 bridgehead atoms. The van der Waals surface area contributed by atoms with Gasteiger partial charge in [0.05, 0.1) is 25.1 Å². The molecule has 3 fully saturated rings. The second-order valence-electron chi connectivity index (χ2n) is 16.3. The average molecular weight is 810 g/mol. The van der Waals surface area contributed by atoms with Crippen LogP contribution in [0.2, 0.25) is 0 Å². The Morgan fingerprint density at radius 3 is 2.29 bits per heavy atom. The number of aromatic hydroxyl groups is 1. The maximum absolute atomic E-state index is 16.2. The van der Waals surface area contributed by atoms with Crippen LogP contribution < -0.4 is 24.6 Å². The van der Waals surface area contributed by atoms with E-state index < -0.39 is 29.5 Å². The van der Waals surface area contributed by atoms with Crippen molar-refractivity contribution in [1.82, 2.24) is 15.1 Å². The van der Waals surface area contributed by atoms with Crippen molar-refractivity contribution in [2.75, 3.05) is 69.3 Å². The van der Waals surface area contributed by atoms with Gasteiger partial charge in [-0.3, -0.25) is 24.6 Å². The Bertz CT molecular complexity index is 2310. The highest BCUT2D eigenvalue weighted by atomic mass is 19.1. The number of nitrogens with one attached hydrogen (secondary N) is 1. The molecule has 5 heterocycles. The van der Waals surface area contributed by atoms with E-state index in [-0.39, 0.29) is 66.6 Å². The van der Waals surface area contributed by atoms with Crippen LogP contribution in [0, 0.1) is 23.4 Å². The fourth-order valence-corrected chi connectivity index (χ4v) is 9.69. The molecule has 9 rings (SSSR count). The van der Waals surface area contributed by atoms with Gasteiger partial charge in [0.25, 0.3) is 5.91 Å². The molecule has 5 aliphatic rings. The van der Waals surface area contributed by atoms with Gasteiger partial charge in [-0.2, -0.15) is 0 Å². The Kier molecular flexibility index (Phi) is 10.4. The largest absolute Gasteiger partial charge is 0.508 e. The number of anilines is 2. The van der Waals surface area contributed by atoms with Crippen LogP contribution in [0.5, 0.6) is 17.2 Å². The molecule has 3 amide bonds. The van der Waals surface area contributed by atoms with Gasteiger partial charge in [0, 0.05) is 87.8 Å². The van der Waals surface area contributed by atoms with Crippen molar-refractivity contribution in [2.24, 2.45) is 5.92 Å². The zero-order valence-corrected chi connectivity index (χ0v) is 32.8. The van der Waals surface area contributed by atoms with Gasteiger partial charge in [-0.25, -0.2) is 13.2 Å². The summed E-state index contributed by atoms with van der Waals surface area (Å²) in [5.74, 6) is -1.90. The third-order valence-corrected chi connectivity index (χ3v) is 12.9. The van der Waals surface area contributed by atoms with Gasteiger partial charge in [-0.15, -0.1) is 0 Å². The quantitative estimate of drug-likeness (QED) is 0.209. The summed E-state index contributed by atoms with van der Waals surface area (Å²) in [5.41, 5.74) is 4.32. The molecular formula is C45H46F3N5O6. The molecule has 1 unspecified atom stereocenters. The molecule has 0 aromatic heterocycles. The summed E-state index contributed by atoms with van der Waals surface area (Å²) in [6.07, 6.45) is 2.23. The summed E-state index contributed by atoms with van der Waals surface area (Å²) in [6.45, 7) is 5.56. The van der Waals surface area contributed by atoms with E-state index in [1.807, 2.05) is 17.0 Å². The van der Waals surface area contributed by atoms with E-state index in [1.54, 1.807) is 42.5 Å². The lowest BCUT2D eigenvalue weighted by molar-refractivity contribution is -0.136. The van der Waals surface area contributed by atoms with Crippen LogP contribution in [-0.2, 0) is 16.1 Å². The van der Waals surface area contributed by atoms with Gasteiger partial charge in [0.15, 0.2) is 11.6 Å². The van der Waals surface area contributed by atoms with E-state index in [1.165, 1.54) is 24.1 Å². The number of ether oxygens (including phenoxy) is 2. The molecule has 11 nitrogen and oxygen atoms in total. The molecule has 0 radical (unpaired) electrons. The summed E-state index contributed by atoms with van der Waals surface area (Å²) in [7, 11) is 1.42. The van der Waals surface area contributed by atoms with E-state index in [0.717, 1.165) is 49.2 Å². The molecule has 14 heteroatoms. The number of phenolic OH excluding ortho intramolecular Hbond substituents is 1. The third kappa shape index (κ3) is 7.43. The molecule has 0 saturated carbocycles. The minimum absolute atomic E-state index is 0.0735. The Labute approximate surface area is 340 Å². The number of imide groups is 1. The third-order valence-electron chi connectivity index (χ3n) is 12.9. The summed E-state index contributed by atoms with van der Waals surface area (Å²) < 4.78 is 57.3. The fraction of sp³-hybridized carbons (Fsp3) is 0.400. The lowest BCUT2D eigenvalue weighted by Gasteiger charge is -2.40. The number of piperazine rings is 1. The molecule has 3 atom stereocenters. The lowest BCUT2D eigenvalue weighted by atomic mass is 9.75. The maximum atomic E-state index is 16.2. The highest BCUT2D eigenvalue weighted by Gasteiger charge is 2.40. The van der Waals surface area contributed by atoms with Gasteiger partial charge >= 0.3 is 0 Å². The van der Waals surface area contributed by atoms with Crippen molar-refractivity contribution in [1.29, 1.82) is 0 Å². The predicted molar refractivity (Wildman–Crippen MR) is 214 cm³/mol. The monoisotopic (exact) mass is 809 g/mol. The number of phenols is 1. The molecule has 2 N–H and O–H groups in total.